The molecule has 0 aliphatic rings. The fraction of sp³-hybridized carbons (Fsp3) is 0.200. The van der Waals surface area contributed by atoms with Gasteiger partial charge >= 0.3 is 6.01 Å². The van der Waals surface area contributed by atoms with E-state index in [0.717, 1.165) is 15.8 Å². The molecule has 0 saturated heterocycles. The van der Waals surface area contributed by atoms with Crippen molar-refractivity contribution < 1.29 is 17.6 Å². The zero-order valence-corrected chi connectivity index (χ0v) is 17.8. The number of fused-ring (bicyclic) bond motifs is 1. The van der Waals surface area contributed by atoms with Crippen molar-refractivity contribution in [2.24, 2.45) is 0 Å². The third-order valence-corrected chi connectivity index (χ3v) is 7.47. The Morgan fingerprint density at radius 1 is 1.13 bits per heavy atom. The Hall–Kier alpha value is -3.11. The van der Waals surface area contributed by atoms with E-state index in [9.17, 15) is 13.2 Å². The molecule has 1 N–H and O–H groups in total. The van der Waals surface area contributed by atoms with Gasteiger partial charge in [-0.3, -0.25) is 10.1 Å². The van der Waals surface area contributed by atoms with Crippen molar-refractivity contribution in [2.75, 3.05) is 5.32 Å². The first-order valence-corrected chi connectivity index (χ1v) is 11.6. The minimum absolute atomic E-state index is 0.00147. The predicted molar refractivity (Wildman–Crippen MR) is 113 cm³/mol. The van der Waals surface area contributed by atoms with Crippen molar-refractivity contribution in [3.05, 3.63) is 65.0 Å². The number of thiazole rings is 1. The average Bonchev–Trinajstić information content (AvgIpc) is 3.36. The van der Waals surface area contributed by atoms with Crippen LogP contribution in [0.15, 0.2) is 57.3 Å². The number of anilines is 1. The first kappa shape index (κ1) is 20.2. The molecule has 2 aromatic carbocycles. The lowest BCUT2D eigenvalue weighted by Gasteiger charge is -2.08. The highest BCUT2D eigenvalue weighted by Crippen LogP contribution is 2.21. The normalized spacial score (nSPS) is 11.8. The van der Waals surface area contributed by atoms with Crippen LogP contribution in [0.5, 0.6) is 0 Å². The van der Waals surface area contributed by atoms with E-state index < -0.39 is 15.1 Å². The second-order valence-electron chi connectivity index (χ2n) is 6.90. The summed E-state index contributed by atoms with van der Waals surface area (Å²) in [6.45, 7) is 3.29. The maximum Gasteiger partial charge on any atom is 0.322 e. The largest absolute Gasteiger partial charge is 0.407 e. The van der Waals surface area contributed by atoms with Crippen molar-refractivity contribution in [1.29, 1.82) is 0 Å². The van der Waals surface area contributed by atoms with Gasteiger partial charge in [-0.2, -0.15) is 0 Å². The summed E-state index contributed by atoms with van der Waals surface area (Å²) in [6.07, 6.45) is 0.317. The summed E-state index contributed by atoms with van der Waals surface area (Å²) < 4.78 is 30.8. The van der Waals surface area contributed by atoms with E-state index in [-0.39, 0.29) is 16.8 Å². The highest BCUT2D eigenvalue weighted by Gasteiger charge is 2.19. The maximum atomic E-state index is 12.4. The molecule has 0 bridgehead atoms. The van der Waals surface area contributed by atoms with E-state index in [2.05, 4.69) is 20.5 Å². The summed E-state index contributed by atoms with van der Waals surface area (Å²) in [5.74, 6) is -0.0496. The van der Waals surface area contributed by atoms with Crippen molar-refractivity contribution in [3.63, 3.8) is 0 Å². The molecule has 2 heterocycles. The van der Waals surface area contributed by atoms with Gasteiger partial charge in [0.15, 0.2) is 9.84 Å². The van der Waals surface area contributed by atoms with Gasteiger partial charge in [0.1, 0.15) is 0 Å². The molecule has 1 amide bonds. The Kier molecular flexibility index (Phi) is 5.35. The number of benzene rings is 2. The Morgan fingerprint density at radius 2 is 1.90 bits per heavy atom. The van der Waals surface area contributed by atoms with E-state index >= 15 is 0 Å². The number of hydrogen-bond acceptors (Lipinski definition) is 8. The smallest absolute Gasteiger partial charge is 0.322 e. The molecule has 30 heavy (non-hydrogen) atoms. The third-order valence-electron chi connectivity index (χ3n) is 4.51. The lowest BCUT2D eigenvalue weighted by Crippen LogP contribution is -2.13. The highest BCUT2D eigenvalue weighted by molar-refractivity contribution is 7.92. The number of carbonyl (C=O) groups excluding carboxylic acids is 1. The molecule has 0 aliphatic heterocycles. The molecule has 8 nitrogen and oxygen atoms in total. The van der Waals surface area contributed by atoms with Crippen molar-refractivity contribution in [2.45, 2.75) is 30.4 Å². The van der Waals surface area contributed by atoms with E-state index in [4.69, 9.17) is 4.42 Å². The van der Waals surface area contributed by atoms with Crippen LogP contribution < -0.4 is 5.32 Å². The maximum absolute atomic E-state index is 12.4. The molecule has 0 saturated carbocycles. The van der Waals surface area contributed by atoms with Gasteiger partial charge in [0.05, 0.1) is 32.3 Å². The molecular formula is C20H18N4O4S2. The number of amides is 1. The van der Waals surface area contributed by atoms with Gasteiger partial charge in [-0.15, -0.1) is 16.4 Å². The predicted octanol–water partition coefficient (Wildman–Crippen LogP) is 3.70. The van der Waals surface area contributed by atoms with Crippen LogP contribution in [-0.2, 0) is 16.3 Å². The monoisotopic (exact) mass is 442 g/mol. The van der Waals surface area contributed by atoms with Crippen LogP contribution in [0.1, 0.15) is 35.7 Å². The summed E-state index contributed by atoms with van der Waals surface area (Å²) in [7, 11) is -3.31. The number of carbonyl (C=O) groups is 1. The SMILES string of the molecule is CC(C)S(=O)(=O)c1ccc(Cc2nnc(NC(=O)c3ccc4ncsc4c3)o2)cc1. The quantitative estimate of drug-likeness (QED) is 0.484. The summed E-state index contributed by atoms with van der Waals surface area (Å²) in [5.41, 5.74) is 3.84. The van der Waals surface area contributed by atoms with Crippen molar-refractivity contribution in [3.8, 4) is 0 Å². The summed E-state index contributed by atoms with van der Waals surface area (Å²) >= 11 is 1.45. The van der Waals surface area contributed by atoms with Gasteiger partial charge in [0.25, 0.3) is 5.91 Å². The van der Waals surface area contributed by atoms with Crippen LogP contribution >= 0.6 is 11.3 Å². The van der Waals surface area contributed by atoms with Crippen LogP contribution in [0, 0.1) is 0 Å². The van der Waals surface area contributed by atoms with Gasteiger partial charge in [-0.1, -0.05) is 17.2 Å². The second kappa shape index (κ2) is 7.96. The third kappa shape index (κ3) is 4.10. The van der Waals surface area contributed by atoms with Crippen molar-refractivity contribution in [1.82, 2.24) is 15.2 Å². The molecule has 0 aliphatic carbocycles. The fourth-order valence-electron chi connectivity index (χ4n) is 2.78. The zero-order chi connectivity index (χ0) is 21.3. The minimum Gasteiger partial charge on any atom is -0.407 e. The van der Waals surface area contributed by atoms with Crippen LogP contribution in [-0.4, -0.2) is 34.8 Å². The molecule has 0 unspecified atom stereocenters. The minimum atomic E-state index is -3.31. The van der Waals surface area contributed by atoms with Crippen LogP contribution in [0.25, 0.3) is 10.2 Å². The number of hydrogen-bond donors (Lipinski definition) is 1. The number of nitrogens with zero attached hydrogens (tertiary/aromatic N) is 3. The molecule has 4 rings (SSSR count). The van der Waals surface area contributed by atoms with E-state index in [1.54, 1.807) is 61.8 Å². The molecule has 0 fully saturated rings. The number of rotatable bonds is 6. The van der Waals surface area contributed by atoms with Crippen LogP contribution in [0.3, 0.4) is 0 Å². The van der Waals surface area contributed by atoms with Gasteiger partial charge in [-0.05, 0) is 49.7 Å². The zero-order valence-electron chi connectivity index (χ0n) is 16.2. The lowest BCUT2D eigenvalue weighted by atomic mass is 10.1. The summed E-state index contributed by atoms with van der Waals surface area (Å²) in [6, 6.07) is 11.8. The molecule has 0 radical (unpaired) electrons. The number of sulfone groups is 1. The van der Waals surface area contributed by atoms with Gasteiger partial charge in [-0.25, -0.2) is 13.4 Å². The average molecular weight is 443 g/mol. The molecule has 0 spiro atoms. The van der Waals surface area contributed by atoms with Crippen LogP contribution in [0.2, 0.25) is 0 Å². The topological polar surface area (TPSA) is 115 Å². The first-order valence-electron chi connectivity index (χ1n) is 9.13. The Balaban J connectivity index is 1.43. The molecular weight excluding hydrogens is 424 g/mol. The summed E-state index contributed by atoms with van der Waals surface area (Å²) in [4.78, 5) is 16.9. The van der Waals surface area contributed by atoms with E-state index in [1.807, 2.05) is 0 Å². The van der Waals surface area contributed by atoms with Gasteiger partial charge in [0, 0.05) is 5.56 Å². The number of aromatic nitrogens is 3. The Labute approximate surface area is 176 Å². The molecule has 10 heteroatoms. The molecule has 2 aromatic heterocycles. The summed E-state index contributed by atoms with van der Waals surface area (Å²) in [5, 5.41) is 9.90. The Morgan fingerprint density at radius 3 is 2.63 bits per heavy atom. The van der Waals surface area contributed by atoms with Crippen LogP contribution in [0.4, 0.5) is 6.01 Å². The van der Waals surface area contributed by atoms with Gasteiger partial charge < -0.3 is 4.42 Å². The van der Waals surface area contributed by atoms with E-state index in [1.165, 1.54) is 11.3 Å². The van der Waals surface area contributed by atoms with Crippen molar-refractivity contribution >= 4 is 43.3 Å². The second-order valence-corrected chi connectivity index (χ2v) is 10.3. The fourth-order valence-corrected chi connectivity index (χ4v) is 4.56. The molecule has 4 aromatic rings. The number of nitrogens with one attached hydrogen (secondary N) is 1. The van der Waals surface area contributed by atoms with Gasteiger partial charge in [0.2, 0.25) is 5.89 Å². The highest BCUT2D eigenvalue weighted by atomic mass is 32.2. The standard InChI is InChI=1S/C20H18N4O4S2/c1-12(2)30(26,27)15-6-3-13(4-7-15)9-18-23-24-20(28-18)22-19(25)14-5-8-16-17(10-14)29-11-21-16/h3-8,10-12H,9H2,1-2H3,(H,22,24,25). The first-order chi connectivity index (χ1) is 14.3. The molecule has 154 valence electrons. The molecule has 0 atom stereocenters. The van der Waals surface area contributed by atoms with E-state index in [0.29, 0.717) is 17.9 Å². The lowest BCUT2D eigenvalue weighted by molar-refractivity contribution is 0.102. The Bertz CT molecular complexity index is 1310.